The summed E-state index contributed by atoms with van der Waals surface area (Å²) < 4.78 is 14.4. The van der Waals surface area contributed by atoms with Gasteiger partial charge >= 0.3 is 17.6 Å². The van der Waals surface area contributed by atoms with Crippen LogP contribution in [0.1, 0.15) is 13.8 Å². The standard InChI is InChI=1S/C13H14N2O9/c1-3-22-12(16)11(13(17)23-4-2)24-10-6-5-8(14(18)19)7-9(10)15(20)21/h5-7,11H,3-4H2,1-2H3. The maximum Gasteiger partial charge on any atom is 0.359 e. The van der Waals surface area contributed by atoms with E-state index >= 15 is 0 Å². The van der Waals surface area contributed by atoms with E-state index in [1.807, 2.05) is 0 Å². The molecule has 0 atom stereocenters. The van der Waals surface area contributed by atoms with Crippen molar-refractivity contribution in [1.82, 2.24) is 0 Å². The summed E-state index contributed by atoms with van der Waals surface area (Å²) in [5, 5.41) is 21.7. The van der Waals surface area contributed by atoms with E-state index in [9.17, 15) is 29.8 Å². The van der Waals surface area contributed by atoms with E-state index in [-0.39, 0.29) is 13.2 Å². The highest BCUT2D eigenvalue weighted by atomic mass is 16.6. The maximum absolute atomic E-state index is 11.8. The number of ether oxygens (including phenoxy) is 3. The molecule has 130 valence electrons. The van der Waals surface area contributed by atoms with E-state index in [2.05, 4.69) is 9.47 Å². The van der Waals surface area contributed by atoms with Crippen LogP contribution in [0, 0.1) is 20.2 Å². The second kappa shape index (κ2) is 8.41. The molecule has 11 heteroatoms. The number of rotatable bonds is 8. The van der Waals surface area contributed by atoms with Gasteiger partial charge in [0.2, 0.25) is 0 Å². The Morgan fingerprint density at radius 2 is 1.58 bits per heavy atom. The molecule has 0 fully saturated rings. The van der Waals surface area contributed by atoms with Crippen LogP contribution < -0.4 is 4.74 Å². The topological polar surface area (TPSA) is 148 Å². The van der Waals surface area contributed by atoms with Gasteiger partial charge in [-0.2, -0.15) is 0 Å². The van der Waals surface area contributed by atoms with Crippen molar-refractivity contribution in [3.63, 3.8) is 0 Å². The van der Waals surface area contributed by atoms with Crippen LogP contribution in [0.2, 0.25) is 0 Å². The summed E-state index contributed by atoms with van der Waals surface area (Å²) in [5.41, 5.74) is -1.32. The second-order valence-corrected chi connectivity index (χ2v) is 4.17. The minimum Gasteiger partial charge on any atom is -0.463 e. The molecule has 1 aromatic carbocycles. The van der Waals surface area contributed by atoms with E-state index in [1.165, 1.54) is 13.8 Å². The molecule has 11 nitrogen and oxygen atoms in total. The average molecular weight is 342 g/mol. The second-order valence-electron chi connectivity index (χ2n) is 4.17. The number of carbonyl (C=O) groups is 2. The molecule has 0 spiro atoms. The number of hydrogen-bond donors (Lipinski definition) is 0. The van der Waals surface area contributed by atoms with E-state index in [0.717, 1.165) is 12.1 Å². The van der Waals surface area contributed by atoms with Crippen LogP contribution in [0.3, 0.4) is 0 Å². The van der Waals surface area contributed by atoms with Crippen molar-refractivity contribution in [3.05, 3.63) is 38.4 Å². The van der Waals surface area contributed by atoms with Gasteiger partial charge in [-0.3, -0.25) is 20.2 Å². The maximum atomic E-state index is 11.8. The van der Waals surface area contributed by atoms with Crippen LogP contribution in [0.25, 0.3) is 0 Å². The number of esters is 2. The third-order valence-electron chi connectivity index (χ3n) is 2.60. The Hall–Kier alpha value is -3.24. The molecular formula is C13H14N2O9. The summed E-state index contributed by atoms with van der Waals surface area (Å²) in [6.07, 6.45) is -1.88. The highest BCUT2D eigenvalue weighted by Crippen LogP contribution is 2.32. The number of nitrogens with zero attached hydrogens (tertiary/aromatic N) is 2. The van der Waals surface area contributed by atoms with Gasteiger partial charge in [-0.15, -0.1) is 0 Å². The molecule has 0 aliphatic carbocycles. The van der Waals surface area contributed by atoms with Crippen molar-refractivity contribution in [2.24, 2.45) is 0 Å². The smallest absolute Gasteiger partial charge is 0.359 e. The lowest BCUT2D eigenvalue weighted by Gasteiger charge is -2.16. The zero-order valence-electron chi connectivity index (χ0n) is 12.8. The van der Waals surface area contributed by atoms with Gasteiger partial charge in [0.15, 0.2) is 5.75 Å². The fraction of sp³-hybridized carbons (Fsp3) is 0.385. The van der Waals surface area contributed by atoms with Gasteiger partial charge in [-0.1, -0.05) is 0 Å². The quantitative estimate of drug-likeness (QED) is 0.295. The highest BCUT2D eigenvalue weighted by Gasteiger charge is 2.34. The monoisotopic (exact) mass is 342 g/mol. The molecule has 0 saturated carbocycles. The number of benzene rings is 1. The van der Waals surface area contributed by atoms with E-state index in [4.69, 9.17) is 4.74 Å². The first kappa shape index (κ1) is 18.8. The van der Waals surface area contributed by atoms with Gasteiger partial charge in [0.05, 0.1) is 29.1 Å². The number of carbonyl (C=O) groups excluding carboxylic acids is 2. The van der Waals surface area contributed by atoms with Crippen molar-refractivity contribution in [1.29, 1.82) is 0 Å². The molecule has 0 radical (unpaired) electrons. The van der Waals surface area contributed by atoms with Crippen molar-refractivity contribution in [2.45, 2.75) is 20.0 Å². The Morgan fingerprint density at radius 3 is 2.00 bits per heavy atom. The molecule has 0 unspecified atom stereocenters. The van der Waals surface area contributed by atoms with Gasteiger partial charge in [-0.25, -0.2) is 9.59 Å². The van der Waals surface area contributed by atoms with Crippen LogP contribution >= 0.6 is 0 Å². The molecule has 24 heavy (non-hydrogen) atoms. The van der Waals surface area contributed by atoms with Crippen molar-refractivity contribution < 1.29 is 33.6 Å². The molecule has 0 aliphatic rings. The lowest BCUT2D eigenvalue weighted by molar-refractivity contribution is -0.394. The lowest BCUT2D eigenvalue weighted by Crippen LogP contribution is -2.38. The third-order valence-corrected chi connectivity index (χ3v) is 2.60. The predicted molar refractivity (Wildman–Crippen MR) is 77.4 cm³/mol. The predicted octanol–water partition coefficient (Wildman–Crippen LogP) is 1.38. The zero-order valence-corrected chi connectivity index (χ0v) is 12.8. The summed E-state index contributed by atoms with van der Waals surface area (Å²) in [4.78, 5) is 43.6. The van der Waals surface area contributed by atoms with E-state index < -0.39 is 45.0 Å². The van der Waals surface area contributed by atoms with Crippen molar-refractivity contribution >= 4 is 23.3 Å². The molecule has 0 heterocycles. The summed E-state index contributed by atoms with van der Waals surface area (Å²) in [7, 11) is 0. The summed E-state index contributed by atoms with van der Waals surface area (Å²) >= 11 is 0. The first-order valence-corrected chi connectivity index (χ1v) is 6.74. The largest absolute Gasteiger partial charge is 0.463 e. The van der Waals surface area contributed by atoms with E-state index in [0.29, 0.717) is 6.07 Å². The average Bonchev–Trinajstić information content (AvgIpc) is 2.52. The molecule has 0 aliphatic heterocycles. The Balaban J connectivity index is 3.21. The zero-order chi connectivity index (χ0) is 18.3. The number of hydrogen-bond acceptors (Lipinski definition) is 9. The minimum atomic E-state index is -1.88. The number of non-ortho nitro benzene ring substituents is 1. The third kappa shape index (κ3) is 4.63. The summed E-state index contributed by atoms with van der Waals surface area (Å²) in [6.45, 7) is 2.88. The normalized spacial score (nSPS) is 10.1. The Kier molecular flexibility index (Phi) is 6.59. The van der Waals surface area contributed by atoms with Crippen LogP contribution in [0.5, 0.6) is 5.75 Å². The molecule has 1 aromatic rings. The number of nitro groups is 2. The Bertz CT molecular complexity index is 641. The molecule has 0 saturated heterocycles. The number of nitro benzene ring substituents is 2. The Morgan fingerprint density at radius 1 is 1.04 bits per heavy atom. The Labute approximate surface area is 135 Å². The molecule has 0 aromatic heterocycles. The van der Waals surface area contributed by atoms with Crippen LogP contribution in [0.15, 0.2) is 18.2 Å². The molecular weight excluding hydrogens is 328 g/mol. The lowest BCUT2D eigenvalue weighted by atomic mass is 10.2. The van der Waals surface area contributed by atoms with E-state index in [1.54, 1.807) is 0 Å². The van der Waals surface area contributed by atoms with Gasteiger partial charge in [0.25, 0.3) is 11.8 Å². The molecule has 1 rings (SSSR count). The van der Waals surface area contributed by atoms with Crippen LogP contribution in [-0.4, -0.2) is 41.1 Å². The summed E-state index contributed by atoms with van der Waals surface area (Å²) in [6, 6.07) is 2.51. The fourth-order valence-electron chi connectivity index (χ4n) is 1.62. The van der Waals surface area contributed by atoms with Gasteiger partial charge in [-0.05, 0) is 19.9 Å². The first-order chi connectivity index (χ1) is 11.3. The van der Waals surface area contributed by atoms with Crippen LogP contribution in [0.4, 0.5) is 11.4 Å². The first-order valence-electron chi connectivity index (χ1n) is 6.74. The van der Waals surface area contributed by atoms with Gasteiger partial charge < -0.3 is 14.2 Å². The minimum absolute atomic E-state index is 0.0551. The molecule has 0 amide bonds. The molecule has 0 N–H and O–H groups in total. The van der Waals surface area contributed by atoms with Crippen molar-refractivity contribution in [3.8, 4) is 5.75 Å². The van der Waals surface area contributed by atoms with Gasteiger partial charge in [0.1, 0.15) is 0 Å². The SMILES string of the molecule is CCOC(=O)C(Oc1ccc([N+](=O)[O-])cc1[N+](=O)[O-])C(=O)OCC. The van der Waals surface area contributed by atoms with Crippen molar-refractivity contribution in [2.75, 3.05) is 13.2 Å². The van der Waals surface area contributed by atoms with Gasteiger partial charge in [0, 0.05) is 6.07 Å². The fourth-order valence-corrected chi connectivity index (χ4v) is 1.62. The highest BCUT2D eigenvalue weighted by molar-refractivity contribution is 5.98. The summed E-state index contributed by atoms with van der Waals surface area (Å²) in [5.74, 6) is -2.69. The van der Waals surface area contributed by atoms with Crippen LogP contribution in [-0.2, 0) is 19.1 Å². The molecule has 0 bridgehead atoms.